The number of carbonyl (C=O) groups excluding carboxylic acids is 1. The van der Waals surface area contributed by atoms with Gasteiger partial charge in [0.05, 0.1) is 12.0 Å². The maximum absolute atomic E-state index is 11.6. The molecule has 0 aliphatic carbocycles. The lowest BCUT2D eigenvalue weighted by molar-refractivity contribution is -0.153. The summed E-state index contributed by atoms with van der Waals surface area (Å²) in [6, 6.07) is 0. The molecule has 0 fully saturated rings. The molecule has 0 aliphatic heterocycles. The number of halogens is 1. The summed E-state index contributed by atoms with van der Waals surface area (Å²) < 4.78 is 10.5. The molecule has 0 atom stereocenters. The Hall–Kier alpha value is -0.280. The van der Waals surface area contributed by atoms with Crippen LogP contribution in [-0.4, -0.2) is 31.7 Å². The molecule has 3 nitrogen and oxygen atoms in total. The second kappa shape index (κ2) is 10.6. The molecule has 0 aromatic heterocycles. The molecule has 108 valence electrons. The Labute approximate surface area is 116 Å². The summed E-state index contributed by atoms with van der Waals surface area (Å²) >= 11 is 5.57. The minimum atomic E-state index is -0.380. The molecular weight excluding hydrogens is 252 g/mol. The molecular formula is C14H27ClO3. The molecule has 0 unspecified atom stereocenters. The summed E-state index contributed by atoms with van der Waals surface area (Å²) in [7, 11) is 0. The number of hydrogen-bond donors (Lipinski definition) is 0. The number of unbranched alkanes of at least 4 members (excludes halogenated alkanes) is 2. The maximum Gasteiger partial charge on any atom is 0.311 e. The van der Waals surface area contributed by atoms with Gasteiger partial charge in [-0.05, 0) is 46.5 Å². The number of hydrogen-bond acceptors (Lipinski definition) is 3. The third-order valence-electron chi connectivity index (χ3n) is 2.84. The highest BCUT2D eigenvalue weighted by Crippen LogP contribution is 2.24. The topological polar surface area (TPSA) is 35.5 Å². The highest BCUT2D eigenvalue weighted by Gasteiger charge is 2.28. The van der Waals surface area contributed by atoms with Crippen molar-refractivity contribution in [2.24, 2.45) is 5.41 Å². The molecule has 0 saturated heterocycles. The fraction of sp³-hybridized carbons (Fsp3) is 0.929. The molecule has 0 rings (SSSR count). The minimum Gasteiger partial charge on any atom is -0.466 e. The van der Waals surface area contributed by atoms with Gasteiger partial charge >= 0.3 is 5.97 Å². The quantitative estimate of drug-likeness (QED) is 0.328. The first kappa shape index (κ1) is 17.7. The van der Waals surface area contributed by atoms with Gasteiger partial charge in [-0.15, -0.1) is 11.6 Å². The standard InChI is InChI=1S/C14H27ClO3/c1-4-18-13(16)14(2,3)9-5-7-11-17-12-8-6-10-15/h4-12H2,1-3H3. The monoisotopic (exact) mass is 278 g/mol. The van der Waals surface area contributed by atoms with E-state index in [4.69, 9.17) is 21.1 Å². The summed E-state index contributed by atoms with van der Waals surface area (Å²) in [4.78, 5) is 11.6. The van der Waals surface area contributed by atoms with E-state index in [1.54, 1.807) is 0 Å². The molecule has 0 saturated carbocycles. The molecule has 0 aromatic carbocycles. The average molecular weight is 279 g/mol. The summed E-state index contributed by atoms with van der Waals surface area (Å²) in [5.74, 6) is 0.602. The van der Waals surface area contributed by atoms with Crippen LogP contribution >= 0.6 is 11.6 Å². The first-order valence-corrected chi connectivity index (χ1v) is 7.39. The molecule has 0 aliphatic rings. The molecule has 18 heavy (non-hydrogen) atoms. The highest BCUT2D eigenvalue weighted by atomic mass is 35.5. The van der Waals surface area contributed by atoms with Crippen molar-refractivity contribution in [2.45, 2.75) is 52.9 Å². The molecule has 4 heteroatoms. The zero-order valence-electron chi connectivity index (χ0n) is 12.0. The van der Waals surface area contributed by atoms with Gasteiger partial charge in [-0.25, -0.2) is 0 Å². The van der Waals surface area contributed by atoms with Gasteiger partial charge in [0.15, 0.2) is 0 Å². The average Bonchev–Trinajstić information content (AvgIpc) is 2.33. The fourth-order valence-corrected chi connectivity index (χ4v) is 1.79. The zero-order chi connectivity index (χ0) is 13.9. The van der Waals surface area contributed by atoms with E-state index in [0.717, 1.165) is 45.3 Å². The third-order valence-corrected chi connectivity index (χ3v) is 3.11. The summed E-state index contributed by atoms with van der Waals surface area (Å²) in [5.41, 5.74) is -0.380. The lowest BCUT2D eigenvalue weighted by Gasteiger charge is -2.21. The maximum atomic E-state index is 11.6. The van der Waals surface area contributed by atoms with E-state index >= 15 is 0 Å². The van der Waals surface area contributed by atoms with Gasteiger partial charge in [0.2, 0.25) is 0 Å². The number of esters is 1. The van der Waals surface area contributed by atoms with E-state index in [0.29, 0.717) is 12.5 Å². The van der Waals surface area contributed by atoms with E-state index in [1.807, 2.05) is 20.8 Å². The van der Waals surface area contributed by atoms with Crippen molar-refractivity contribution in [3.8, 4) is 0 Å². The highest BCUT2D eigenvalue weighted by molar-refractivity contribution is 6.17. The van der Waals surface area contributed by atoms with Crippen molar-refractivity contribution >= 4 is 17.6 Å². The van der Waals surface area contributed by atoms with Crippen molar-refractivity contribution in [2.75, 3.05) is 25.7 Å². The first-order chi connectivity index (χ1) is 8.54. The third kappa shape index (κ3) is 8.76. The fourth-order valence-electron chi connectivity index (χ4n) is 1.60. The van der Waals surface area contributed by atoms with Crippen LogP contribution < -0.4 is 0 Å². The van der Waals surface area contributed by atoms with Crippen LogP contribution in [0.3, 0.4) is 0 Å². The second-order valence-electron chi connectivity index (χ2n) is 5.07. The predicted octanol–water partition coefficient (Wildman–Crippen LogP) is 3.78. The Bertz CT molecular complexity index is 217. The SMILES string of the molecule is CCOC(=O)C(C)(C)CCCCOCCCCCl. The lowest BCUT2D eigenvalue weighted by atomic mass is 9.87. The molecule has 0 spiro atoms. The summed E-state index contributed by atoms with van der Waals surface area (Å²) in [5, 5.41) is 0. The van der Waals surface area contributed by atoms with Gasteiger partial charge in [-0.1, -0.05) is 6.42 Å². The van der Waals surface area contributed by atoms with Crippen LogP contribution in [-0.2, 0) is 14.3 Å². The van der Waals surface area contributed by atoms with Gasteiger partial charge in [0, 0.05) is 19.1 Å². The van der Waals surface area contributed by atoms with Crippen molar-refractivity contribution in [3.63, 3.8) is 0 Å². The van der Waals surface area contributed by atoms with Crippen LogP contribution in [0.4, 0.5) is 0 Å². The van der Waals surface area contributed by atoms with Crippen molar-refractivity contribution < 1.29 is 14.3 Å². The number of carbonyl (C=O) groups is 1. The number of rotatable bonds is 11. The molecule has 0 bridgehead atoms. The van der Waals surface area contributed by atoms with Gasteiger partial charge in [-0.3, -0.25) is 4.79 Å². The van der Waals surface area contributed by atoms with E-state index in [-0.39, 0.29) is 11.4 Å². The van der Waals surface area contributed by atoms with Crippen LogP contribution in [0, 0.1) is 5.41 Å². The Balaban J connectivity index is 3.49. The Kier molecular flexibility index (Phi) is 10.5. The smallest absolute Gasteiger partial charge is 0.311 e. The Morgan fingerprint density at radius 2 is 1.72 bits per heavy atom. The molecule has 0 aromatic rings. The minimum absolute atomic E-state index is 0.104. The van der Waals surface area contributed by atoms with Crippen molar-refractivity contribution in [1.29, 1.82) is 0 Å². The normalized spacial score (nSPS) is 11.6. The predicted molar refractivity (Wildman–Crippen MR) is 75.0 cm³/mol. The van der Waals surface area contributed by atoms with Crippen LogP contribution in [0.1, 0.15) is 52.9 Å². The van der Waals surface area contributed by atoms with Gasteiger partial charge in [-0.2, -0.15) is 0 Å². The van der Waals surface area contributed by atoms with Crippen molar-refractivity contribution in [1.82, 2.24) is 0 Å². The molecule has 0 amide bonds. The summed E-state index contributed by atoms with van der Waals surface area (Å²) in [6.07, 6.45) is 4.86. The van der Waals surface area contributed by atoms with Crippen molar-refractivity contribution in [3.05, 3.63) is 0 Å². The van der Waals surface area contributed by atoms with Gasteiger partial charge in [0.25, 0.3) is 0 Å². The van der Waals surface area contributed by atoms with Crippen LogP contribution in [0.25, 0.3) is 0 Å². The molecule has 0 heterocycles. The molecule has 0 N–H and O–H groups in total. The first-order valence-electron chi connectivity index (χ1n) is 6.85. The van der Waals surface area contributed by atoms with E-state index in [9.17, 15) is 4.79 Å². The van der Waals surface area contributed by atoms with Crippen LogP contribution in [0.2, 0.25) is 0 Å². The van der Waals surface area contributed by atoms with E-state index in [2.05, 4.69) is 0 Å². The van der Waals surface area contributed by atoms with Gasteiger partial charge < -0.3 is 9.47 Å². The number of ether oxygens (including phenoxy) is 2. The van der Waals surface area contributed by atoms with E-state index in [1.165, 1.54) is 0 Å². The Morgan fingerprint density at radius 3 is 2.28 bits per heavy atom. The van der Waals surface area contributed by atoms with Gasteiger partial charge in [0.1, 0.15) is 0 Å². The Morgan fingerprint density at radius 1 is 1.11 bits per heavy atom. The lowest BCUT2D eigenvalue weighted by Crippen LogP contribution is -2.26. The second-order valence-corrected chi connectivity index (χ2v) is 5.45. The molecule has 0 radical (unpaired) electrons. The van der Waals surface area contributed by atoms with E-state index < -0.39 is 0 Å². The zero-order valence-corrected chi connectivity index (χ0v) is 12.7. The summed E-state index contributed by atoms with van der Waals surface area (Å²) in [6.45, 7) is 7.71. The van der Waals surface area contributed by atoms with Crippen LogP contribution in [0.15, 0.2) is 0 Å². The largest absolute Gasteiger partial charge is 0.466 e. The van der Waals surface area contributed by atoms with Crippen LogP contribution in [0.5, 0.6) is 0 Å². The number of alkyl halides is 1.